The van der Waals surface area contributed by atoms with Crippen LogP contribution >= 0.6 is 22.6 Å². The van der Waals surface area contributed by atoms with Gasteiger partial charge in [-0.1, -0.05) is 60.9 Å². The van der Waals surface area contributed by atoms with Crippen molar-refractivity contribution in [3.8, 4) is 16.9 Å². The summed E-state index contributed by atoms with van der Waals surface area (Å²) >= 11 is 2.44. The lowest BCUT2D eigenvalue weighted by molar-refractivity contribution is 0.313. The fourth-order valence-electron chi connectivity index (χ4n) is 2.93. The summed E-state index contributed by atoms with van der Waals surface area (Å²) in [5, 5.41) is 2.48. The Morgan fingerprint density at radius 1 is 0.875 bits per heavy atom. The molecule has 1 nitrogen and oxygen atoms in total. The van der Waals surface area contributed by atoms with Gasteiger partial charge in [-0.15, -0.1) is 0 Å². The molecule has 0 spiro atoms. The first-order valence-electron chi connectivity index (χ1n) is 8.53. The quantitative estimate of drug-likeness (QED) is 0.316. The van der Waals surface area contributed by atoms with Crippen LogP contribution in [-0.4, -0.2) is 6.61 Å². The molecule has 0 atom stereocenters. The second-order valence-corrected chi connectivity index (χ2v) is 7.51. The summed E-state index contributed by atoms with van der Waals surface area (Å²) in [5.41, 5.74) is 5.11. The van der Waals surface area contributed by atoms with E-state index in [0.717, 1.165) is 25.2 Å². The molecule has 0 aliphatic rings. The minimum absolute atomic E-state index is 0.777. The number of ether oxygens (including phenoxy) is 1. The smallest absolute Gasteiger partial charge is 0.128 e. The Hall–Kier alpha value is -1.55. The summed E-state index contributed by atoms with van der Waals surface area (Å²) in [6.45, 7) is 7.23. The monoisotopic (exact) mass is 430 g/mol. The van der Waals surface area contributed by atoms with Gasteiger partial charge in [-0.25, -0.2) is 0 Å². The maximum absolute atomic E-state index is 6.10. The molecular formula is C22H23IO. The zero-order chi connectivity index (χ0) is 17.1. The number of aryl methyl sites for hydroxylation is 2. The van der Waals surface area contributed by atoms with Crippen molar-refractivity contribution < 1.29 is 4.74 Å². The molecule has 0 unspecified atom stereocenters. The highest BCUT2D eigenvalue weighted by molar-refractivity contribution is 14.1. The summed E-state index contributed by atoms with van der Waals surface area (Å²) in [4.78, 5) is 0. The molecule has 2 heteroatoms. The van der Waals surface area contributed by atoms with E-state index in [1.54, 1.807) is 0 Å². The van der Waals surface area contributed by atoms with Crippen LogP contribution in [0.1, 0.15) is 30.9 Å². The van der Waals surface area contributed by atoms with Gasteiger partial charge >= 0.3 is 0 Å². The van der Waals surface area contributed by atoms with Crippen LogP contribution < -0.4 is 4.74 Å². The van der Waals surface area contributed by atoms with Gasteiger partial charge in [0.15, 0.2) is 0 Å². The van der Waals surface area contributed by atoms with Crippen molar-refractivity contribution in [1.29, 1.82) is 0 Å². The Labute approximate surface area is 158 Å². The number of halogens is 1. The standard InChI is InChI=1S/C22H23IO/c1-4-5-12-24-21-14-20(23)22(17-9-6-15(2)7-10-17)18-11-8-16(3)13-19(18)21/h6-11,13-14H,4-5,12H2,1-3H3. The summed E-state index contributed by atoms with van der Waals surface area (Å²) in [6.07, 6.45) is 2.24. The Balaban J connectivity index is 2.18. The van der Waals surface area contributed by atoms with Crippen molar-refractivity contribution in [2.45, 2.75) is 33.6 Å². The van der Waals surface area contributed by atoms with Gasteiger partial charge in [0.1, 0.15) is 5.75 Å². The molecule has 0 aromatic heterocycles. The average molecular weight is 430 g/mol. The Morgan fingerprint density at radius 2 is 1.58 bits per heavy atom. The predicted octanol–water partition coefficient (Wildman–Crippen LogP) is 6.91. The van der Waals surface area contributed by atoms with Crippen LogP contribution in [0.5, 0.6) is 5.75 Å². The molecule has 0 bridgehead atoms. The van der Waals surface area contributed by atoms with Gasteiger partial charge in [0.05, 0.1) is 6.61 Å². The van der Waals surface area contributed by atoms with Crippen molar-refractivity contribution in [1.82, 2.24) is 0 Å². The normalized spacial score (nSPS) is 11.0. The zero-order valence-corrected chi connectivity index (χ0v) is 16.7. The third-order valence-electron chi connectivity index (χ3n) is 4.30. The summed E-state index contributed by atoms with van der Waals surface area (Å²) in [7, 11) is 0. The van der Waals surface area contributed by atoms with Crippen molar-refractivity contribution in [3.05, 3.63) is 63.2 Å². The molecule has 124 valence electrons. The first-order chi connectivity index (χ1) is 11.6. The van der Waals surface area contributed by atoms with E-state index < -0.39 is 0 Å². The Kier molecular flexibility index (Phi) is 5.44. The van der Waals surface area contributed by atoms with Gasteiger partial charge in [0, 0.05) is 14.5 Å². The summed E-state index contributed by atoms with van der Waals surface area (Å²) < 4.78 is 7.34. The van der Waals surface area contributed by atoms with E-state index in [2.05, 4.69) is 91.9 Å². The maximum atomic E-state index is 6.10. The van der Waals surface area contributed by atoms with Crippen LogP contribution in [0.15, 0.2) is 48.5 Å². The molecule has 0 radical (unpaired) electrons. The van der Waals surface area contributed by atoms with Gasteiger partial charge in [0.2, 0.25) is 0 Å². The third kappa shape index (κ3) is 3.59. The lowest BCUT2D eigenvalue weighted by Gasteiger charge is -2.16. The van der Waals surface area contributed by atoms with Crippen molar-refractivity contribution in [2.75, 3.05) is 6.61 Å². The van der Waals surface area contributed by atoms with Gasteiger partial charge in [-0.05, 0) is 65.9 Å². The van der Waals surface area contributed by atoms with E-state index in [4.69, 9.17) is 4.74 Å². The molecule has 0 fully saturated rings. The van der Waals surface area contributed by atoms with E-state index in [-0.39, 0.29) is 0 Å². The van der Waals surface area contributed by atoms with Crippen molar-refractivity contribution in [2.24, 2.45) is 0 Å². The number of benzene rings is 3. The molecular weight excluding hydrogens is 407 g/mol. The highest BCUT2D eigenvalue weighted by atomic mass is 127. The van der Waals surface area contributed by atoms with Gasteiger partial charge < -0.3 is 4.74 Å². The molecule has 0 aliphatic carbocycles. The highest BCUT2D eigenvalue weighted by Gasteiger charge is 2.13. The third-order valence-corrected chi connectivity index (χ3v) is 5.15. The van der Waals surface area contributed by atoms with Crippen molar-refractivity contribution in [3.63, 3.8) is 0 Å². The van der Waals surface area contributed by atoms with E-state index in [0.29, 0.717) is 0 Å². The predicted molar refractivity (Wildman–Crippen MR) is 112 cm³/mol. The van der Waals surface area contributed by atoms with E-state index >= 15 is 0 Å². The molecule has 0 saturated heterocycles. The Morgan fingerprint density at radius 3 is 2.29 bits per heavy atom. The molecule has 0 aliphatic heterocycles. The minimum Gasteiger partial charge on any atom is -0.493 e. The van der Waals surface area contributed by atoms with Crippen LogP contribution in [0.4, 0.5) is 0 Å². The number of rotatable bonds is 5. The lowest BCUT2D eigenvalue weighted by atomic mass is 9.96. The van der Waals surface area contributed by atoms with Gasteiger partial charge in [-0.2, -0.15) is 0 Å². The number of hydrogen-bond donors (Lipinski definition) is 0. The fourth-order valence-corrected chi connectivity index (χ4v) is 3.82. The number of unbranched alkanes of at least 4 members (excludes halogenated alkanes) is 1. The van der Waals surface area contributed by atoms with E-state index in [1.807, 2.05) is 0 Å². The van der Waals surface area contributed by atoms with Crippen LogP contribution in [0, 0.1) is 17.4 Å². The van der Waals surface area contributed by atoms with Gasteiger partial charge in [0.25, 0.3) is 0 Å². The number of fused-ring (bicyclic) bond motifs is 1. The molecule has 0 saturated carbocycles. The molecule has 3 aromatic carbocycles. The lowest BCUT2D eigenvalue weighted by Crippen LogP contribution is -1.99. The van der Waals surface area contributed by atoms with Crippen LogP contribution in [0.3, 0.4) is 0 Å². The second-order valence-electron chi connectivity index (χ2n) is 6.35. The topological polar surface area (TPSA) is 9.23 Å². The highest BCUT2D eigenvalue weighted by Crippen LogP contribution is 2.39. The molecule has 3 rings (SSSR count). The van der Waals surface area contributed by atoms with Crippen LogP contribution in [0.2, 0.25) is 0 Å². The van der Waals surface area contributed by atoms with E-state index in [1.165, 1.54) is 36.6 Å². The van der Waals surface area contributed by atoms with E-state index in [9.17, 15) is 0 Å². The number of hydrogen-bond acceptors (Lipinski definition) is 1. The zero-order valence-electron chi connectivity index (χ0n) is 14.5. The largest absolute Gasteiger partial charge is 0.493 e. The Bertz CT molecular complexity index is 850. The molecule has 3 aromatic rings. The maximum Gasteiger partial charge on any atom is 0.128 e. The molecule has 0 amide bonds. The first-order valence-corrected chi connectivity index (χ1v) is 9.60. The fraction of sp³-hybridized carbons (Fsp3) is 0.273. The molecule has 24 heavy (non-hydrogen) atoms. The SMILES string of the molecule is CCCCOc1cc(I)c(-c2ccc(C)cc2)c2ccc(C)cc12. The summed E-state index contributed by atoms with van der Waals surface area (Å²) in [5.74, 6) is 1.00. The summed E-state index contributed by atoms with van der Waals surface area (Å²) in [6, 6.07) is 17.6. The van der Waals surface area contributed by atoms with Crippen LogP contribution in [-0.2, 0) is 0 Å². The molecule has 0 N–H and O–H groups in total. The van der Waals surface area contributed by atoms with Crippen LogP contribution in [0.25, 0.3) is 21.9 Å². The van der Waals surface area contributed by atoms with Gasteiger partial charge in [-0.3, -0.25) is 0 Å². The first kappa shape index (κ1) is 17.3. The minimum atomic E-state index is 0.777. The second kappa shape index (κ2) is 7.56. The molecule has 0 heterocycles. The van der Waals surface area contributed by atoms with Crippen molar-refractivity contribution >= 4 is 33.4 Å². The average Bonchev–Trinajstić information content (AvgIpc) is 2.57.